The van der Waals surface area contributed by atoms with Gasteiger partial charge in [0, 0.05) is 31.7 Å². The van der Waals surface area contributed by atoms with Gasteiger partial charge < -0.3 is 10.2 Å². The summed E-state index contributed by atoms with van der Waals surface area (Å²) in [5.41, 5.74) is 2.74. The monoisotopic (exact) mass is 274 g/mol. The van der Waals surface area contributed by atoms with Crippen LogP contribution in [0.5, 0.6) is 0 Å². The second kappa shape index (κ2) is 5.86. The first-order valence-corrected chi connectivity index (χ1v) is 7.49. The van der Waals surface area contributed by atoms with Crippen molar-refractivity contribution in [3.63, 3.8) is 0 Å². The molecule has 1 aliphatic rings. The zero-order chi connectivity index (χ0) is 14.8. The lowest BCUT2D eigenvalue weighted by Gasteiger charge is -2.33. The normalized spacial score (nSPS) is 17.1. The Kier molecular flexibility index (Phi) is 4.36. The summed E-state index contributed by atoms with van der Waals surface area (Å²) >= 11 is 0. The quantitative estimate of drug-likeness (QED) is 0.896. The number of rotatable bonds is 2. The summed E-state index contributed by atoms with van der Waals surface area (Å²) in [5.74, 6) is 0.193. The van der Waals surface area contributed by atoms with Crippen LogP contribution in [0, 0.1) is 0 Å². The zero-order valence-corrected chi connectivity index (χ0v) is 13.1. The van der Waals surface area contributed by atoms with E-state index >= 15 is 0 Å². The molecule has 0 aromatic heterocycles. The van der Waals surface area contributed by atoms with Crippen LogP contribution < -0.4 is 5.32 Å². The van der Waals surface area contributed by atoms with E-state index in [0.717, 1.165) is 25.9 Å². The number of para-hydroxylation sites is 1. The minimum Gasteiger partial charge on any atom is -0.382 e. The van der Waals surface area contributed by atoms with Gasteiger partial charge >= 0.3 is 0 Å². The predicted molar refractivity (Wildman–Crippen MR) is 84.0 cm³/mol. The molecule has 1 saturated heterocycles. The van der Waals surface area contributed by atoms with Gasteiger partial charge in [0.25, 0.3) is 0 Å². The minimum atomic E-state index is 0.143. The SMILES string of the molecule is CC(=O)N1CCC(Nc2ccccc2C(C)(C)C)CC1. The van der Waals surface area contributed by atoms with Crippen LogP contribution in [0.4, 0.5) is 5.69 Å². The van der Waals surface area contributed by atoms with E-state index in [1.807, 2.05) is 4.90 Å². The largest absolute Gasteiger partial charge is 0.382 e. The van der Waals surface area contributed by atoms with E-state index in [-0.39, 0.29) is 11.3 Å². The number of carbonyl (C=O) groups excluding carboxylic acids is 1. The van der Waals surface area contributed by atoms with Crippen molar-refractivity contribution in [1.29, 1.82) is 0 Å². The third-order valence-corrected chi connectivity index (χ3v) is 4.03. The van der Waals surface area contributed by atoms with Crippen molar-refractivity contribution in [2.24, 2.45) is 0 Å². The fraction of sp³-hybridized carbons (Fsp3) is 0.588. The van der Waals surface area contributed by atoms with Crippen molar-refractivity contribution >= 4 is 11.6 Å². The van der Waals surface area contributed by atoms with E-state index in [0.29, 0.717) is 6.04 Å². The Morgan fingerprint density at radius 1 is 1.20 bits per heavy atom. The molecule has 3 heteroatoms. The zero-order valence-electron chi connectivity index (χ0n) is 13.1. The number of amides is 1. The molecule has 0 aliphatic carbocycles. The molecule has 0 atom stereocenters. The molecular weight excluding hydrogens is 248 g/mol. The molecule has 0 saturated carbocycles. The van der Waals surface area contributed by atoms with Gasteiger partial charge in [0.1, 0.15) is 0 Å². The number of nitrogens with one attached hydrogen (secondary N) is 1. The Hall–Kier alpha value is -1.51. The molecule has 1 aromatic rings. The van der Waals surface area contributed by atoms with Crippen LogP contribution in [0.2, 0.25) is 0 Å². The van der Waals surface area contributed by atoms with Crippen molar-refractivity contribution in [2.75, 3.05) is 18.4 Å². The number of nitrogens with zero attached hydrogens (tertiary/aromatic N) is 1. The number of hydrogen-bond donors (Lipinski definition) is 1. The van der Waals surface area contributed by atoms with E-state index in [2.05, 4.69) is 50.4 Å². The summed E-state index contributed by atoms with van der Waals surface area (Å²) in [4.78, 5) is 13.3. The van der Waals surface area contributed by atoms with E-state index in [1.54, 1.807) is 6.92 Å². The van der Waals surface area contributed by atoms with Gasteiger partial charge in [-0.3, -0.25) is 4.79 Å². The molecule has 2 rings (SSSR count). The summed E-state index contributed by atoms with van der Waals surface area (Å²) in [7, 11) is 0. The van der Waals surface area contributed by atoms with Crippen LogP contribution in [0.15, 0.2) is 24.3 Å². The van der Waals surface area contributed by atoms with Crippen LogP contribution in [-0.4, -0.2) is 29.9 Å². The Labute approximate surface area is 122 Å². The van der Waals surface area contributed by atoms with E-state index in [1.165, 1.54) is 11.3 Å². The number of carbonyl (C=O) groups is 1. The van der Waals surface area contributed by atoms with Crippen LogP contribution >= 0.6 is 0 Å². The Morgan fingerprint density at radius 3 is 2.35 bits per heavy atom. The van der Waals surface area contributed by atoms with E-state index in [4.69, 9.17) is 0 Å². The predicted octanol–water partition coefficient (Wildman–Crippen LogP) is 3.41. The average Bonchev–Trinajstić information content (AvgIpc) is 2.38. The minimum absolute atomic E-state index is 0.143. The van der Waals surface area contributed by atoms with Crippen molar-refractivity contribution in [2.45, 2.75) is 52.0 Å². The highest BCUT2D eigenvalue weighted by molar-refractivity contribution is 5.73. The number of likely N-dealkylation sites (tertiary alicyclic amines) is 1. The van der Waals surface area contributed by atoms with Crippen molar-refractivity contribution < 1.29 is 4.79 Å². The summed E-state index contributed by atoms with van der Waals surface area (Å²) in [6.07, 6.45) is 2.05. The van der Waals surface area contributed by atoms with Crippen LogP contribution in [-0.2, 0) is 10.2 Å². The van der Waals surface area contributed by atoms with Crippen molar-refractivity contribution in [3.05, 3.63) is 29.8 Å². The van der Waals surface area contributed by atoms with Crippen molar-refractivity contribution in [3.8, 4) is 0 Å². The highest BCUT2D eigenvalue weighted by Crippen LogP contribution is 2.30. The molecule has 0 radical (unpaired) electrons. The molecular formula is C17H26N2O. The third kappa shape index (κ3) is 3.53. The lowest BCUT2D eigenvalue weighted by molar-refractivity contribution is -0.129. The Bertz CT molecular complexity index is 468. The van der Waals surface area contributed by atoms with E-state index in [9.17, 15) is 4.79 Å². The third-order valence-electron chi connectivity index (χ3n) is 4.03. The molecule has 0 spiro atoms. The summed E-state index contributed by atoms with van der Waals surface area (Å²) in [5, 5.41) is 3.68. The molecule has 3 nitrogen and oxygen atoms in total. The maximum absolute atomic E-state index is 11.4. The van der Waals surface area contributed by atoms with Gasteiger partial charge in [-0.1, -0.05) is 39.0 Å². The molecule has 20 heavy (non-hydrogen) atoms. The van der Waals surface area contributed by atoms with Crippen LogP contribution in [0.1, 0.15) is 46.1 Å². The molecule has 1 aliphatic heterocycles. The van der Waals surface area contributed by atoms with Gasteiger partial charge in [-0.15, -0.1) is 0 Å². The highest BCUT2D eigenvalue weighted by Gasteiger charge is 2.23. The number of piperidine rings is 1. The molecule has 1 aromatic carbocycles. The Balaban J connectivity index is 2.03. The first-order chi connectivity index (χ1) is 9.38. The summed E-state index contributed by atoms with van der Waals surface area (Å²) in [6, 6.07) is 9.02. The second-order valence-electron chi connectivity index (χ2n) is 6.72. The van der Waals surface area contributed by atoms with Crippen molar-refractivity contribution in [1.82, 2.24) is 4.90 Å². The smallest absolute Gasteiger partial charge is 0.219 e. The number of hydrogen-bond acceptors (Lipinski definition) is 2. The van der Waals surface area contributed by atoms with Crippen LogP contribution in [0.25, 0.3) is 0 Å². The average molecular weight is 274 g/mol. The van der Waals surface area contributed by atoms with Gasteiger partial charge in [-0.05, 0) is 29.9 Å². The lowest BCUT2D eigenvalue weighted by Crippen LogP contribution is -2.41. The van der Waals surface area contributed by atoms with Crippen LogP contribution in [0.3, 0.4) is 0 Å². The second-order valence-corrected chi connectivity index (χ2v) is 6.72. The lowest BCUT2D eigenvalue weighted by atomic mass is 9.85. The highest BCUT2D eigenvalue weighted by atomic mass is 16.2. The van der Waals surface area contributed by atoms with Gasteiger partial charge in [0.15, 0.2) is 0 Å². The molecule has 0 unspecified atom stereocenters. The first-order valence-electron chi connectivity index (χ1n) is 7.49. The molecule has 1 N–H and O–H groups in total. The molecule has 0 bridgehead atoms. The standard InChI is InChI=1S/C17H26N2O/c1-13(20)19-11-9-14(10-12-19)18-16-8-6-5-7-15(16)17(2,3)4/h5-8,14,18H,9-12H2,1-4H3. The maximum Gasteiger partial charge on any atom is 0.219 e. The summed E-state index contributed by atoms with van der Waals surface area (Å²) in [6.45, 7) is 10.1. The number of benzene rings is 1. The molecule has 1 fully saturated rings. The molecule has 1 amide bonds. The van der Waals surface area contributed by atoms with Gasteiger partial charge in [0.05, 0.1) is 0 Å². The van der Waals surface area contributed by atoms with E-state index < -0.39 is 0 Å². The summed E-state index contributed by atoms with van der Waals surface area (Å²) < 4.78 is 0. The van der Waals surface area contributed by atoms with Gasteiger partial charge in [-0.2, -0.15) is 0 Å². The number of anilines is 1. The molecule has 1 heterocycles. The maximum atomic E-state index is 11.4. The topological polar surface area (TPSA) is 32.3 Å². The molecule has 110 valence electrons. The first kappa shape index (κ1) is 14.9. The van der Waals surface area contributed by atoms with Gasteiger partial charge in [-0.25, -0.2) is 0 Å². The fourth-order valence-electron chi connectivity index (χ4n) is 2.82. The Morgan fingerprint density at radius 2 is 1.80 bits per heavy atom. The van der Waals surface area contributed by atoms with Gasteiger partial charge in [0.2, 0.25) is 5.91 Å². The fourth-order valence-corrected chi connectivity index (χ4v) is 2.82.